The lowest BCUT2D eigenvalue weighted by Crippen LogP contribution is -2.28. The third-order valence-electron chi connectivity index (χ3n) is 3.28. The molecular weight excluding hydrogens is 322 g/mol. The van der Waals surface area contributed by atoms with Crippen LogP contribution in [0.5, 0.6) is 5.75 Å². The molecule has 1 heterocycles. The Hall–Kier alpha value is -1.41. The van der Waals surface area contributed by atoms with Gasteiger partial charge in [0.1, 0.15) is 16.7 Å². The highest BCUT2D eigenvalue weighted by Crippen LogP contribution is 2.26. The molecule has 1 aromatic carbocycles. The fraction of sp³-hybridized carbons (Fsp3) is 0.333. The molecule has 22 heavy (non-hydrogen) atoms. The molecule has 0 aliphatic carbocycles. The van der Waals surface area contributed by atoms with E-state index in [9.17, 15) is 13.5 Å². The zero-order valence-corrected chi connectivity index (χ0v) is 14.3. The van der Waals surface area contributed by atoms with Gasteiger partial charge in [0.2, 0.25) is 10.0 Å². The number of aliphatic hydroxyl groups excluding tert-OH is 1. The summed E-state index contributed by atoms with van der Waals surface area (Å²) in [6.45, 7) is 3.61. The van der Waals surface area contributed by atoms with Gasteiger partial charge in [-0.2, -0.15) is 0 Å². The molecule has 1 unspecified atom stereocenters. The molecule has 7 heteroatoms. The van der Waals surface area contributed by atoms with E-state index in [0.717, 1.165) is 16.0 Å². The van der Waals surface area contributed by atoms with Gasteiger partial charge in [-0.1, -0.05) is 6.07 Å². The van der Waals surface area contributed by atoms with Crippen molar-refractivity contribution in [2.45, 2.75) is 24.8 Å². The lowest BCUT2D eigenvalue weighted by atomic mass is 10.2. The minimum absolute atomic E-state index is 0.0742. The van der Waals surface area contributed by atoms with E-state index in [4.69, 9.17) is 4.74 Å². The number of nitrogens with one attached hydrogen (secondary N) is 1. The van der Waals surface area contributed by atoms with Crippen LogP contribution in [0.2, 0.25) is 0 Å². The van der Waals surface area contributed by atoms with Crippen LogP contribution in [-0.2, 0) is 10.0 Å². The molecule has 5 nitrogen and oxygen atoms in total. The predicted octanol–water partition coefficient (Wildman–Crippen LogP) is 2.39. The van der Waals surface area contributed by atoms with Crippen molar-refractivity contribution in [3.63, 3.8) is 0 Å². The van der Waals surface area contributed by atoms with Crippen LogP contribution in [0.25, 0.3) is 0 Å². The maximum Gasteiger partial charge on any atom is 0.244 e. The van der Waals surface area contributed by atoms with Gasteiger partial charge in [0, 0.05) is 11.4 Å². The van der Waals surface area contributed by atoms with Crippen molar-refractivity contribution in [2.75, 3.05) is 13.7 Å². The molecule has 0 bridgehead atoms. The van der Waals surface area contributed by atoms with Gasteiger partial charge in [-0.15, -0.1) is 11.3 Å². The maximum absolute atomic E-state index is 12.4. The zero-order chi connectivity index (χ0) is 16.3. The van der Waals surface area contributed by atoms with Crippen molar-refractivity contribution in [1.82, 2.24) is 4.72 Å². The summed E-state index contributed by atoms with van der Waals surface area (Å²) < 4.78 is 32.4. The Morgan fingerprint density at radius 1 is 1.32 bits per heavy atom. The second-order valence-corrected chi connectivity index (χ2v) is 7.67. The smallest absolute Gasteiger partial charge is 0.244 e. The van der Waals surface area contributed by atoms with Crippen molar-refractivity contribution in [2.24, 2.45) is 0 Å². The number of hydrogen-bond acceptors (Lipinski definition) is 5. The number of benzene rings is 1. The van der Waals surface area contributed by atoms with Crippen LogP contribution >= 0.6 is 11.3 Å². The number of sulfonamides is 1. The number of methoxy groups -OCH3 is 1. The number of thiophene rings is 1. The fourth-order valence-corrected chi connectivity index (χ4v) is 4.28. The summed E-state index contributed by atoms with van der Waals surface area (Å²) in [5.41, 5.74) is 1.76. The minimum Gasteiger partial charge on any atom is -0.495 e. The van der Waals surface area contributed by atoms with E-state index in [1.807, 2.05) is 25.3 Å². The van der Waals surface area contributed by atoms with E-state index in [2.05, 4.69) is 4.72 Å². The van der Waals surface area contributed by atoms with Crippen LogP contribution in [0.1, 0.15) is 22.1 Å². The maximum atomic E-state index is 12.4. The molecule has 0 aliphatic heterocycles. The number of aliphatic hydroxyl groups is 1. The first-order chi connectivity index (χ1) is 10.3. The highest BCUT2D eigenvalue weighted by molar-refractivity contribution is 7.89. The average molecular weight is 341 g/mol. The van der Waals surface area contributed by atoms with E-state index in [0.29, 0.717) is 0 Å². The summed E-state index contributed by atoms with van der Waals surface area (Å²) in [4.78, 5) is 0.837. The summed E-state index contributed by atoms with van der Waals surface area (Å²) >= 11 is 1.40. The monoisotopic (exact) mass is 341 g/mol. The number of ether oxygens (including phenoxy) is 1. The van der Waals surface area contributed by atoms with E-state index in [1.165, 1.54) is 18.4 Å². The Bertz CT molecular complexity index is 753. The van der Waals surface area contributed by atoms with Gasteiger partial charge >= 0.3 is 0 Å². The van der Waals surface area contributed by atoms with Gasteiger partial charge < -0.3 is 9.84 Å². The van der Waals surface area contributed by atoms with E-state index in [1.54, 1.807) is 18.2 Å². The van der Waals surface area contributed by atoms with E-state index < -0.39 is 16.1 Å². The normalized spacial score (nSPS) is 13.1. The first-order valence-electron chi connectivity index (χ1n) is 6.71. The summed E-state index contributed by atoms with van der Waals surface area (Å²) in [5.74, 6) is 0.278. The van der Waals surface area contributed by atoms with Crippen LogP contribution < -0.4 is 9.46 Å². The molecule has 0 saturated heterocycles. The molecule has 0 fully saturated rings. The number of hydrogen-bond donors (Lipinski definition) is 2. The molecule has 1 atom stereocenters. The molecule has 0 spiro atoms. The summed E-state index contributed by atoms with van der Waals surface area (Å²) in [6.07, 6.45) is -0.870. The van der Waals surface area contributed by atoms with Crippen LogP contribution in [0, 0.1) is 13.8 Å². The Morgan fingerprint density at radius 3 is 2.64 bits per heavy atom. The van der Waals surface area contributed by atoms with Gasteiger partial charge in [0.25, 0.3) is 0 Å². The van der Waals surface area contributed by atoms with Crippen molar-refractivity contribution >= 4 is 21.4 Å². The highest BCUT2D eigenvalue weighted by Gasteiger charge is 2.22. The third kappa shape index (κ3) is 3.67. The molecule has 0 radical (unpaired) electrons. The standard InChI is InChI=1S/C15H19NO4S2/c1-10-4-5-13(20-3)14(8-10)22(18,19)16-9-12(17)15-11(2)6-7-21-15/h4-8,12,16-17H,9H2,1-3H3. The third-order valence-corrected chi connectivity index (χ3v) is 5.84. The second kappa shape index (κ2) is 6.78. The Kier molecular flexibility index (Phi) is 5.23. The Morgan fingerprint density at radius 2 is 2.05 bits per heavy atom. The summed E-state index contributed by atoms with van der Waals surface area (Å²) in [5, 5.41) is 12.0. The SMILES string of the molecule is COc1ccc(C)cc1S(=O)(=O)NCC(O)c1sccc1C. The first-order valence-corrected chi connectivity index (χ1v) is 9.08. The molecule has 1 aromatic heterocycles. The quantitative estimate of drug-likeness (QED) is 0.846. The molecule has 0 amide bonds. The Labute approximate surface area is 134 Å². The summed E-state index contributed by atoms with van der Waals surface area (Å²) in [7, 11) is -2.33. The summed E-state index contributed by atoms with van der Waals surface area (Å²) in [6, 6.07) is 6.83. The predicted molar refractivity (Wildman–Crippen MR) is 86.9 cm³/mol. The molecule has 120 valence electrons. The van der Waals surface area contributed by atoms with Gasteiger partial charge in [-0.25, -0.2) is 13.1 Å². The van der Waals surface area contributed by atoms with Crippen molar-refractivity contribution < 1.29 is 18.3 Å². The van der Waals surface area contributed by atoms with Crippen molar-refractivity contribution in [3.8, 4) is 5.75 Å². The Balaban J connectivity index is 2.18. The van der Waals surface area contributed by atoms with Crippen LogP contribution in [0.4, 0.5) is 0 Å². The van der Waals surface area contributed by atoms with Gasteiger partial charge in [0.15, 0.2) is 0 Å². The molecule has 0 saturated carbocycles. The fourth-order valence-electron chi connectivity index (χ4n) is 2.08. The molecular formula is C15H19NO4S2. The van der Waals surface area contributed by atoms with Gasteiger partial charge in [0.05, 0.1) is 7.11 Å². The van der Waals surface area contributed by atoms with E-state index >= 15 is 0 Å². The van der Waals surface area contributed by atoms with Gasteiger partial charge in [-0.05, 0) is 48.6 Å². The zero-order valence-electron chi connectivity index (χ0n) is 12.7. The minimum atomic E-state index is -3.75. The van der Waals surface area contributed by atoms with Crippen LogP contribution in [0.3, 0.4) is 0 Å². The highest BCUT2D eigenvalue weighted by atomic mass is 32.2. The topological polar surface area (TPSA) is 75.6 Å². The molecule has 0 aliphatic rings. The number of aryl methyl sites for hydroxylation is 2. The van der Waals surface area contributed by atoms with E-state index in [-0.39, 0.29) is 17.2 Å². The lowest BCUT2D eigenvalue weighted by molar-refractivity contribution is 0.185. The van der Waals surface area contributed by atoms with Gasteiger partial charge in [-0.3, -0.25) is 0 Å². The largest absolute Gasteiger partial charge is 0.495 e. The molecule has 2 rings (SSSR count). The van der Waals surface area contributed by atoms with Crippen LogP contribution in [0.15, 0.2) is 34.5 Å². The number of rotatable bonds is 6. The molecule has 2 aromatic rings. The average Bonchev–Trinajstić information content (AvgIpc) is 2.91. The van der Waals surface area contributed by atoms with Crippen molar-refractivity contribution in [1.29, 1.82) is 0 Å². The van der Waals surface area contributed by atoms with Crippen molar-refractivity contribution in [3.05, 3.63) is 45.6 Å². The molecule has 2 N–H and O–H groups in total. The van der Waals surface area contributed by atoms with Crippen LogP contribution in [-0.4, -0.2) is 27.2 Å². The first kappa shape index (κ1) is 17.0. The lowest BCUT2D eigenvalue weighted by Gasteiger charge is -2.14. The second-order valence-electron chi connectivity index (χ2n) is 4.99.